The van der Waals surface area contributed by atoms with E-state index < -0.39 is 0 Å². The number of nitrogens with one attached hydrogen (secondary N) is 1. The number of anilines is 1. The van der Waals surface area contributed by atoms with Gasteiger partial charge < -0.3 is 9.88 Å². The van der Waals surface area contributed by atoms with Crippen LogP contribution in [0.15, 0.2) is 36.4 Å². The highest BCUT2D eigenvalue weighted by Crippen LogP contribution is 2.19. The summed E-state index contributed by atoms with van der Waals surface area (Å²) in [5.74, 6) is 1.28. The van der Waals surface area contributed by atoms with E-state index in [1.54, 1.807) is 0 Å². The van der Waals surface area contributed by atoms with E-state index in [9.17, 15) is 0 Å². The molecule has 106 valence electrons. The first-order valence-electron chi connectivity index (χ1n) is 7.40. The molecular weight excluding hydrogens is 246 g/mol. The van der Waals surface area contributed by atoms with Crippen molar-refractivity contribution in [2.45, 2.75) is 20.4 Å². The predicted octanol–water partition coefficient (Wildman–Crippen LogP) is 2.95. The first kappa shape index (κ1) is 13.3. The smallest absolute Gasteiger partial charge is 0.106 e. The zero-order valence-corrected chi connectivity index (χ0v) is 12.4. The van der Waals surface area contributed by atoms with Crippen LogP contribution in [0.4, 0.5) is 5.82 Å². The molecule has 3 nitrogen and oxygen atoms in total. The lowest BCUT2D eigenvalue weighted by molar-refractivity contribution is 0.249. The molecule has 1 aromatic heterocycles. The zero-order valence-electron chi connectivity index (χ0n) is 12.4. The molecule has 1 aromatic carbocycles. The molecule has 1 saturated heterocycles. The number of rotatable bonds is 3. The van der Waals surface area contributed by atoms with Crippen molar-refractivity contribution >= 4 is 5.82 Å². The van der Waals surface area contributed by atoms with Gasteiger partial charge in [0, 0.05) is 38.4 Å². The molecule has 1 fully saturated rings. The third kappa shape index (κ3) is 2.88. The SMILES string of the molecule is Cc1cc(N2CCN(Cc3ccccc3)CC2)[nH]c1C. The number of H-pyrrole nitrogens is 1. The quantitative estimate of drug-likeness (QED) is 0.925. The predicted molar refractivity (Wildman–Crippen MR) is 84.2 cm³/mol. The van der Waals surface area contributed by atoms with Crippen LogP contribution in [-0.2, 0) is 6.54 Å². The Labute approximate surface area is 121 Å². The number of benzene rings is 1. The minimum atomic E-state index is 1.07. The Kier molecular flexibility index (Phi) is 3.79. The highest BCUT2D eigenvalue weighted by molar-refractivity contribution is 5.45. The van der Waals surface area contributed by atoms with Crippen molar-refractivity contribution in [3.8, 4) is 0 Å². The van der Waals surface area contributed by atoms with Crippen LogP contribution in [-0.4, -0.2) is 36.1 Å². The molecule has 0 unspecified atom stereocenters. The standard InChI is InChI=1S/C17H23N3/c1-14-12-17(18-15(14)2)20-10-8-19(9-11-20)13-16-6-4-3-5-7-16/h3-7,12,18H,8-11,13H2,1-2H3. The summed E-state index contributed by atoms with van der Waals surface area (Å²) >= 11 is 0. The van der Waals surface area contributed by atoms with E-state index in [0.29, 0.717) is 0 Å². The summed E-state index contributed by atoms with van der Waals surface area (Å²) < 4.78 is 0. The number of piperazine rings is 1. The number of aromatic amines is 1. The summed E-state index contributed by atoms with van der Waals surface area (Å²) in [6.07, 6.45) is 0. The second kappa shape index (κ2) is 5.71. The summed E-state index contributed by atoms with van der Waals surface area (Å²) in [5.41, 5.74) is 4.05. The average molecular weight is 269 g/mol. The van der Waals surface area contributed by atoms with Gasteiger partial charge in [-0.1, -0.05) is 30.3 Å². The van der Waals surface area contributed by atoms with Crippen molar-refractivity contribution < 1.29 is 0 Å². The molecule has 0 saturated carbocycles. The van der Waals surface area contributed by atoms with Gasteiger partial charge in [-0.2, -0.15) is 0 Å². The first-order valence-corrected chi connectivity index (χ1v) is 7.40. The lowest BCUT2D eigenvalue weighted by Crippen LogP contribution is -2.46. The molecule has 2 aromatic rings. The van der Waals surface area contributed by atoms with E-state index in [2.05, 4.69) is 65.0 Å². The molecule has 0 aliphatic carbocycles. The molecule has 3 heteroatoms. The van der Waals surface area contributed by atoms with Crippen LogP contribution >= 0.6 is 0 Å². The Morgan fingerprint density at radius 1 is 1.00 bits per heavy atom. The van der Waals surface area contributed by atoms with E-state index >= 15 is 0 Å². The molecule has 1 aliphatic rings. The second-order valence-electron chi connectivity index (χ2n) is 5.71. The fourth-order valence-electron chi connectivity index (χ4n) is 2.80. The van der Waals surface area contributed by atoms with Gasteiger partial charge in [0.25, 0.3) is 0 Å². The Bertz CT molecular complexity index is 531. The number of nitrogens with zero attached hydrogens (tertiary/aromatic N) is 2. The largest absolute Gasteiger partial charge is 0.356 e. The van der Waals surface area contributed by atoms with Crippen LogP contribution in [0.5, 0.6) is 0 Å². The summed E-state index contributed by atoms with van der Waals surface area (Å²) in [6, 6.07) is 13.0. The molecule has 2 heterocycles. The number of hydrogen-bond acceptors (Lipinski definition) is 2. The van der Waals surface area contributed by atoms with Gasteiger partial charge in [-0.05, 0) is 31.0 Å². The third-order valence-corrected chi connectivity index (χ3v) is 4.22. The Hall–Kier alpha value is -1.74. The van der Waals surface area contributed by atoms with Crippen molar-refractivity contribution in [3.05, 3.63) is 53.2 Å². The van der Waals surface area contributed by atoms with E-state index in [0.717, 1.165) is 32.7 Å². The molecule has 0 atom stereocenters. The van der Waals surface area contributed by atoms with Gasteiger partial charge >= 0.3 is 0 Å². The third-order valence-electron chi connectivity index (χ3n) is 4.22. The Morgan fingerprint density at radius 2 is 1.70 bits per heavy atom. The lowest BCUT2D eigenvalue weighted by atomic mass is 10.2. The Balaban J connectivity index is 1.57. The van der Waals surface area contributed by atoms with Crippen molar-refractivity contribution in [3.63, 3.8) is 0 Å². The molecule has 1 N–H and O–H groups in total. The van der Waals surface area contributed by atoms with Crippen LogP contribution in [0.3, 0.4) is 0 Å². The fraction of sp³-hybridized carbons (Fsp3) is 0.412. The summed E-state index contributed by atoms with van der Waals surface area (Å²) in [7, 11) is 0. The van der Waals surface area contributed by atoms with E-state index in [1.807, 2.05) is 0 Å². The van der Waals surface area contributed by atoms with Gasteiger partial charge in [0.05, 0.1) is 0 Å². The normalized spacial score (nSPS) is 16.6. The minimum Gasteiger partial charge on any atom is -0.356 e. The zero-order chi connectivity index (χ0) is 13.9. The van der Waals surface area contributed by atoms with Gasteiger partial charge in [0.15, 0.2) is 0 Å². The molecule has 20 heavy (non-hydrogen) atoms. The molecule has 0 amide bonds. The summed E-state index contributed by atoms with van der Waals surface area (Å²) in [4.78, 5) is 8.48. The number of aryl methyl sites for hydroxylation is 2. The Morgan fingerprint density at radius 3 is 2.30 bits per heavy atom. The minimum absolute atomic E-state index is 1.07. The average Bonchev–Trinajstić information content (AvgIpc) is 2.81. The first-order chi connectivity index (χ1) is 9.72. The van der Waals surface area contributed by atoms with Crippen LogP contribution in [0.25, 0.3) is 0 Å². The second-order valence-corrected chi connectivity index (χ2v) is 5.71. The maximum atomic E-state index is 3.49. The van der Waals surface area contributed by atoms with E-state index in [-0.39, 0.29) is 0 Å². The maximum absolute atomic E-state index is 3.49. The van der Waals surface area contributed by atoms with E-state index in [4.69, 9.17) is 0 Å². The molecule has 0 radical (unpaired) electrons. The lowest BCUT2D eigenvalue weighted by Gasteiger charge is -2.35. The molecule has 3 rings (SSSR count). The van der Waals surface area contributed by atoms with Gasteiger partial charge in [0.2, 0.25) is 0 Å². The van der Waals surface area contributed by atoms with Crippen LogP contribution in [0.2, 0.25) is 0 Å². The van der Waals surface area contributed by atoms with Crippen LogP contribution in [0.1, 0.15) is 16.8 Å². The summed E-state index contributed by atoms with van der Waals surface area (Å²) in [6.45, 7) is 9.85. The van der Waals surface area contributed by atoms with Gasteiger partial charge in [-0.3, -0.25) is 4.90 Å². The van der Waals surface area contributed by atoms with Gasteiger partial charge in [0.1, 0.15) is 5.82 Å². The highest BCUT2D eigenvalue weighted by Gasteiger charge is 2.18. The summed E-state index contributed by atoms with van der Waals surface area (Å²) in [5, 5.41) is 0. The topological polar surface area (TPSA) is 22.3 Å². The van der Waals surface area contributed by atoms with Crippen molar-refractivity contribution in [1.29, 1.82) is 0 Å². The molecule has 0 spiro atoms. The van der Waals surface area contributed by atoms with Crippen molar-refractivity contribution in [2.24, 2.45) is 0 Å². The van der Waals surface area contributed by atoms with Crippen LogP contribution < -0.4 is 4.90 Å². The highest BCUT2D eigenvalue weighted by atomic mass is 15.3. The monoisotopic (exact) mass is 269 g/mol. The number of aromatic nitrogens is 1. The van der Waals surface area contributed by atoms with Crippen LogP contribution in [0, 0.1) is 13.8 Å². The van der Waals surface area contributed by atoms with Gasteiger partial charge in [-0.25, -0.2) is 0 Å². The van der Waals surface area contributed by atoms with Crippen molar-refractivity contribution in [2.75, 3.05) is 31.1 Å². The maximum Gasteiger partial charge on any atom is 0.106 e. The molecule has 0 bridgehead atoms. The molecular formula is C17H23N3. The van der Waals surface area contributed by atoms with Gasteiger partial charge in [-0.15, -0.1) is 0 Å². The number of hydrogen-bond donors (Lipinski definition) is 1. The van der Waals surface area contributed by atoms with E-state index in [1.165, 1.54) is 22.6 Å². The molecule has 1 aliphatic heterocycles. The fourth-order valence-corrected chi connectivity index (χ4v) is 2.80. The van der Waals surface area contributed by atoms with Crippen molar-refractivity contribution in [1.82, 2.24) is 9.88 Å².